The minimum atomic E-state index is 0.199. The Labute approximate surface area is 119 Å². The quantitative estimate of drug-likeness (QED) is 0.759. The van der Waals surface area contributed by atoms with E-state index in [1.165, 1.54) is 0 Å². The van der Waals surface area contributed by atoms with Gasteiger partial charge in [0, 0.05) is 12.0 Å². The van der Waals surface area contributed by atoms with Gasteiger partial charge in [0.05, 0.1) is 4.47 Å². The number of nitrogens with zero attached hydrogens (tertiary/aromatic N) is 2. The molecule has 0 amide bonds. The Balaban J connectivity index is 2.32. The van der Waals surface area contributed by atoms with Crippen LogP contribution in [0.15, 0.2) is 34.8 Å². The third-order valence-electron chi connectivity index (χ3n) is 2.26. The summed E-state index contributed by atoms with van der Waals surface area (Å²) >= 11 is 9.38. The van der Waals surface area contributed by atoms with Gasteiger partial charge in [0.25, 0.3) is 0 Å². The molecule has 0 saturated carbocycles. The van der Waals surface area contributed by atoms with E-state index in [1.807, 2.05) is 38.1 Å². The molecule has 0 radical (unpaired) electrons. The molecule has 0 spiro atoms. The average Bonchev–Trinajstić information content (AvgIpc) is 2.31. The van der Waals surface area contributed by atoms with Crippen molar-refractivity contribution in [3.05, 3.63) is 45.8 Å². The predicted molar refractivity (Wildman–Crippen MR) is 75.3 cm³/mol. The van der Waals surface area contributed by atoms with Crippen LogP contribution in [0.1, 0.15) is 25.6 Å². The smallest absolute Gasteiger partial charge is 0.224 e. The fraction of sp³-hybridized carbons (Fsp3) is 0.231. The second-order valence-electron chi connectivity index (χ2n) is 4.07. The molecule has 1 aromatic heterocycles. The van der Waals surface area contributed by atoms with Gasteiger partial charge in [0.2, 0.25) is 5.88 Å². The topological polar surface area (TPSA) is 35.0 Å². The Morgan fingerprint density at radius 3 is 2.61 bits per heavy atom. The molecular formula is C13H12BrClN2O. The number of aromatic nitrogens is 2. The van der Waals surface area contributed by atoms with Crippen LogP contribution in [-0.2, 0) is 0 Å². The minimum absolute atomic E-state index is 0.199. The Morgan fingerprint density at radius 2 is 1.94 bits per heavy atom. The lowest BCUT2D eigenvalue weighted by atomic mass is 10.2. The van der Waals surface area contributed by atoms with Gasteiger partial charge < -0.3 is 4.74 Å². The summed E-state index contributed by atoms with van der Waals surface area (Å²) in [5.74, 6) is 2.02. The molecule has 0 N–H and O–H groups in total. The maximum absolute atomic E-state index is 5.96. The summed E-state index contributed by atoms with van der Waals surface area (Å²) in [6.45, 7) is 4.02. The number of halogens is 2. The average molecular weight is 328 g/mol. The molecule has 0 fully saturated rings. The predicted octanol–water partition coefficient (Wildman–Crippen LogP) is 4.81. The summed E-state index contributed by atoms with van der Waals surface area (Å²) < 4.78 is 6.56. The molecule has 0 atom stereocenters. The van der Waals surface area contributed by atoms with Crippen LogP contribution in [0.5, 0.6) is 11.6 Å². The van der Waals surface area contributed by atoms with Crippen LogP contribution < -0.4 is 4.74 Å². The first-order valence-electron chi connectivity index (χ1n) is 5.53. The third-order valence-corrected chi connectivity index (χ3v) is 3.11. The van der Waals surface area contributed by atoms with Crippen molar-refractivity contribution in [3.8, 4) is 11.6 Å². The second-order valence-corrected chi connectivity index (χ2v) is 5.32. The number of hydrogen-bond donors (Lipinski definition) is 0. The molecule has 0 aliphatic heterocycles. The molecule has 2 rings (SSSR count). The van der Waals surface area contributed by atoms with E-state index in [4.69, 9.17) is 16.3 Å². The lowest BCUT2D eigenvalue weighted by molar-refractivity contribution is 0.454. The Hall–Kier alpha value is -1.13. The van der Waals surface area contributed by atoms with Gasteiger partial charge >= 0.3 is 0 Å². The number of rotatable bonds is 3. The third kappa shape index (κ3) is 3.21. The number of ether oxygens (including phenoxy) is 1. The molecule has 1 aromatic carbocycles. The van der Waals surface area contributed by atoms with Crippen LogP contribution >= 0.6 is 27.5 Å². The maximum Gasteiger partial charge on any atom is 0.224 e. The van der Waals surface area contributed by atoms with Crippen molar-refractivity contribution in [2.45, 2.75) is 19.8 Å². The van der Waals surface area contributed by atoms with Gasteiger partial charge in [-0.2, -0.15) is 4.98 Å². The van der Waals surface area contributed by atoms with Crippen LogP contribution in [0.4, 0.5) is 0 Å². The van der Waals surface area contributed by atoms with Gasteiger partial charge in [0.1, 0.15) is 16.7 Å². The Bertz CT molecular complexity index is 560. The van der Waals surface area contributed by atoms with Crippen LogP contribution in [0, 0.1) is 0 Å². The molecule has 0 saturated heterocycles. The zero-order chi connectivity index (χ0) is 13.1. The summed E-state index contributed by atoms with van der Waals surface area (Å²) in [5, 5.41) is 0.385. The van der Waals surface area contributed by atoms with E-state index in [2.05, 4.69) is 25.9 Å². The zero-order valence-electron chi connectivity index (χ0n) is 10.0. The van der Waals surface area contributed by atoms with E-state index < -0.39 is 0 Å². The van der Waals surface area contributed by atoms with Crippen LogP contribution in [0.25, 0.3) is 0 Å². The summed E-state index contributed by atoms with van der Waals surface area (Å²) in [4.78, 5) is 8.49. The summed E-state index contributed by atoms with van der Waals surface area (Å²) in [6.07, 6.45) is 0. The lowest BCUT2D eigenvalue weighted by Crippen LogP contribution is -1.99. The first-order chi connectivity index (χ1) is 8.56. The highest BCUT2D eigenvalue weighted by Crippen LogP contribution is 2.29. The number of benzene rings is 1. The fourth-order valence-corrected chi connectivity index (χ4v) is 1.91. The molecule has 2 aromatic rings. The molecule has 0 aliphatic rings. The summed E-state index contributed by atoms with van der Waals surface area (Å²) in [7, 11) is 0. The van der Waals surface area contributed by atoms with E-state index in [9.17, 15) is 0 Å². The fourth-order valence-electron chi connectivity index (χ4n) is 1.36. The molecule has 94 valence electrons. The summed E-state index contributed by atoms with van der Waals surface area (Å²) in [6, 6.07) is 9.18. The second kappa shape index (κ2) is 5.67. The highest BCUT2D eigenvalue weighted by atomic mass is 79.9. The van der Waals surface area contributed by atoms with Crippen LogP contribution in [-0.4, -0.2) is 9.97 Å². The van der Waals surface area contributed by atoms with Gasteiger partial charge in [-0.3, -0.25) is 0 Å². The maximum atomic E-state index is 5.96. The van der Waals surface area contributed by atoms with Crippen molar-refractivity contribution < 1.29 is 4.74 Å². The molecule has 1 heterocycles. The SMILES string of the molecule is CC(C)c1nc(Cl)cc(Oc2ccccc2Br)n1. The van der Waals surface area contributed by atoms with Crippen molar-refractivity contribution in [2.75, 3.05) is 0 Å². The van der Waals surface area contributed by atoms with Crippen molar-refractivity contribution in [1.29, 1.82) is 0 Å². The van der Waals surface area contributed by atoms with Crippen molar-refractivity contribution in [3.63, 3.8) is 0 Å². The van der Waals surface area contributed by atoms with Gasteiger partial charge in [-0.1, -0.05) is 37.6 Å². The lowest BCUT2D eigenvalue weighted by Gasteiger charge is -2.09. The number of para-hydroxylation sites is 1. The largest absolute Gasteiger partial charge is 0.438 e. The monoisotopic (exact) mass is 326 g/mol. The molecular weight excluding hydrogens is 316 g/mol. The Kier molecular flexibility index (Phi) is 4.19. The first kappa shape index (κ1) is 13.3. The van der Waals surface area contributed by atoms with Gasteiger partial charge in [-0.15, -0.1) is 0 Å². The highest BCUT2D eigenvalue weighted by molar-refractivity contribution is 9.10. The first-order valence-corrected chi connectivity index (χ1v) is 6.70. The standard InChI is InChI=1S/C13H12BrClN2O/c1-8(2)13-16-11(15)7-12(17-13)18-10-6-4-3-5-9(10)14/h3-8H,1-2H3. The van der Waals surface area contributed by atoms with E-state index in [0.717, 1.165) is 4.47 Å². The highest BCUT2D eigenvalue weighted by Gasteiger charge is 2.09. The molecule has 18 heavy (non-hydrogen) atoms. The molecule has 0 aliphatic carbocycles. The van der Waals surface area contributed by atoms with E-state index in [-0.39, 0.29) is 5.92 Å². The van der Waals surface area contributed by atoms with Gasteiger partial charge in [-0.05, 0) is 28.1 Å². The molecule has 0 bridgehead atoms. The van der Waals surface area contributed by atoms with E-state index >= 15 is 0 Å². The summed E-state index contributed by atoms with van der Waals surface area (Å²) in [5.41, 5.74) is 0. The zero-order valence-corrected chi connectivity index (χ0v) is 12.4. The number of hydrogen-bond acceptors (Lipinski definition) is 3. The van der Waals surface area contributed by atoms with Crippen molar-refractivity contribution in [2.24, 2.45) is 0 Å². The van der Waals surface area contributed by atoms with Crippen LogP contribution in [0.2, 0.25) is 5.15 Å². The molecule has 5 heteroatoms. The van der Waals surface area contributed by atoms with Crippen molar-refractivity contribution in [1.82, 2.24) is 9.97 Å². The molecule has 3 nitrogen and oxygen atoms in total. The van der Waals surface area contributed by atoms with Gasteiger partial charge in [-0.25, -0.2) is 4.98 Å². The molecule has 0 unspecified atom stereocenters. The Morgan fingerprint density at radius 1 is 1.22 bits per heavy atom. The van der Waals surface area contributed by atoms with Crippen molar-refractivity contribution >= 4 is 27.5 Å². The normalized spacial score (nSPS) is 10.7. The van der Waals surface area contributed by atoms with Gasteiger partial charge in [0.15, 0.2) is 0 Å². The minimum Gasteiger partial charge on any atom is -0.438 e. The van der Waals surface area contributed by atoms with Crippen LogP contribution in [0.3, 0.4) is 0 Å². The van der Waals surface area contributed by atoms with E-state index in [0.29, 0.717) is 22.6 Å². The van der Waals surface area contributed by atoms with E-state index in [1.54, 1.807) is 6.07 Å².